The lowest BCUT2D eigenvalue weighted by atomic mass is 10.1. The minimum atomic E-state index is -0.378. The zero-order valence-electron chi connectivity index (χ0n) is 14.8. The Bertz CT molecular complexity index is 850. The molecule has 4 nitrogen and oxygen atoms in total. The number of benzene rings is 3. The van der Waals surface area contributed by atoms with Crippen LogP contribution in [0.15, 0.2) is 72.8 Å². The molecule has 0 heterocycles. The third-order valence-electron chi connectivity index (χ3n) is 3.89. The molecule has 0 spiro atoms. The molecule has 26 heavy (non-hydrogen) atoms. The summed E-state index contributed by atoms with van der Waals surface area (Å²) in [5, 5.41) is 0. The molecule has 132 valence electrons. The van der Waals surface area contributed by atoms with Crippen molar-refractivity contribution in [2.24, 2.45) is 0 Å². The number of carbonyl (C=O) groups is 1. The van der Waals surface area contributed by atoms with Gasteiger partial charge in [-0.1, -0.05) is 29.8 Å². The molecule has 0 saturated carbocycles. The van der Waals surface area contributed by atoms with Crippen LogP contribution in [-0.2, 0) is 6.61 Å². The molecule has 0 unspecified atom stereocenters. The zero-order chi connectivity index (χ0) is 18.4. The van der Waals surface area contributed by atoms with Gasteiger partial charge in [0.1, 0.15) is 23.9 Å². The van der Waals surface area contributed by atoms with E-state index in [1.807, 2.05) is 43.3 Å². The molecule has 0 saturated heterocycles. The van der Waals surface area contributed by atoms with Crippen molar-refractivity contribution in [2.45, 2.75) is 13.5 Å². The summed E-state index contributed by atoms with van der Waals surface area (Å²) in [6, 6.07) is 22.0. The first-order valence-corrected chi connectivity index (χ1v) is 8.29. The molecule has 3 rings (SSSR count). The Morgan fingerprint density at radius 3 is 1.96 bits per heavy atom. The van der Waals surface area contributed by atoms with Crippen molar-refractivity contribution < 1.29 is 19.0 Å². The molecule has 0 atom stereocenters. The fourth-order valence-corrected chi connectivity index (χ4v) is 2.35. The van der Waals surface area contributed by atoms with Crippen LogP contribution in [0.3, 0.4) is 0 Å². The summed E-state index contributed by atoms with van der Waals surface area (Å²) in [6.45, 7) is 2.42. The maximum absolute atomic E-state index is 12.1. The smallest absolute Gasteiger partial charge is 0.343 e. The van der Waals surface area contributed by atoms with Gasteiger partial charge in [-0.15, -0.1) is 0 Å². The molecule has 0 N–H and O–H groups in total. The molecule has 3 aromatic carbocycles. The van der Waals surface area contributed by atoms with E-state index in [1.165, 1.54) is 0 Å². The number of esters is 1. The van der Waals surface area contributed by atoms with Gasteiger partial charge in [0.05, 0.1) is 12.7 Å². The fraction of sp³-hybridized carbons (Fsp3) is 0.136. The van der Waals surface area contributed by atoms with Gasteiger partial charge in [0.15, 0.2) is 0 Å². The Labute approximate surface area is 153 Å². The van der Waals surface area contributed by atoms with E-state index in [-0.39, 0.29) is 5.97 Å². The van der Waals surface area contributed by atoms with E-state index in [1.54, 1.807) is 43.5 Å². The van der Waals surface area contributed by atoms with Crippen LogP contribution >= 0.6 is 0 Å². The molecule has 0 aliphatic rings. The molecule has 3 aromatic rings. The van der Waals surface area contributed by atoms with Gasteiger partial charge in [0.25, 0.3) is 0 Å². The number of rotatable bonds is 6. The molecule has 0 fully saturated rings. The number of ether oxygens (including phenoxy) is 3. The van der Waals surface area contributed by atoms with Crippen LogP contribution in [0.2, 0.25) is 0 Å². The number of methoxy groups -OCH3 is 1. The van der Waals surface area contributed by atoms with Crippen molar-refractivity contribution in [3.05, 3.63) is 89.5 Å². The Morgan fingerprint density at radius 1 is 0.769 bits per heavy atom. The van der Waals surface area contributed by atoms with E-state index >= 15 is 0 Å². The molecule has 0 aromatic heterocycles. The number of hydrogen-bond acceptors (Lipinski definition) is 4. The largest absolute Gasteiger partial charge is 0.497 e. The van der Waals surface area contributed by atoms with E-state index in [0.717, 1.165) is 16.9 Å². The number of carbonyl (C=O) groups excluding carboxylic acids is 1. The van der Waals surface area contributed by atoms with Gasteiger partial charge < -0.3 is 14.2 Å². The maximum atomic E-state index is 12.1. The predicted molar refractivity (Wildman–Crippen MR) is 99.9 cm³/mol. The Morgan fingerprint density at radius 2 is 1.35 bits per heavy atom. The summed E-state index contributed by atoms with van der Waals surface area (Å²) >= 11 is 0. The number of aryl methyl sites for hydroxylation is 1. The molecular formula is C22H20O4. The second kappa shape index (κ2) is 8.21. The van der Waals surface area contributed by atoms with Crippen LogP contribution in [0, 0.1) is 6.92 Å². The van der Waals surface area contributed by atoms with Gasteiger partial charge in [0, 0.05) is 0 Å². The van der Waals surface area contributed by atoms with Crippen LogP contribution in [0.25, 0.3) is 0 Å². The minimum Gasteiger partial charge on any atom is -0.497 e. The summed E-state index contributed by atoms with van der Waals surface area (Å²) in [6.07, 6.45) is 0. The summed E-state index contributed by atoms with van der Waals surface area (Å²) in [5.41, 5.74) is 2.66. The third-order valence-corrected chi connectivity index (χ3v) is 3.89. The SMILES string of the molecule is COc1ccc(COc2ccc(OC(=O)c3ccc(C)cc3)cc2)cc1. The molecule has 0 radical (unpaired) electrons. The quantitative estimate of drug-likeness (QED) is 0.474. The summed E-state index contributed by atoms with van der Waals surface area (Å²) < 4.78 is 16.2. The Hall–Kier alpha value is -3.27. The molecule has 0 aliphatic heterocycles. The van der Waals surface area contributed by atoms with E-state index in [0.29, 0.717) is 23.7 Å². The molecule has 0 amide bonds. The molecule has 4 heteroatoms. The van der Waals surface area contributed by atoms with Gasteiger partial charge in [-0.05, 0) is 61.0 Å². The van der Waals surface area contributed by atoms with Gasteiger partial charge in [-0.3, -0.25) is 0 Å². The number of hydrogen-bond donors (Lipinski definition) is 0. The second-order valence-electron chi connectivity index (χ2n) is 5.86. The predicted octanol–water partition coefficient (Wildman–Crippen LogP) is 4.80. The highest BCUT2D eigenvalue weighted by molar-refractivity contribution is 5.91. The topological polar surface area (TPSA) is 44.8 Å². The van der Waals surface area contributed by atoms with E-state index in [2.05, 4.69) is 0 Å². The highest BCUT2D eigenvalue weighted by Crippen LogP contribution is 2.20. The average molecular weight is 348 g/mol. The first-order chi connectivity index (χ1) is 12.6. The third kappa shape index (κ3) is 4.63. The van der Waals surface area contributed by atoms with Crippen LogP contribution < -0.4 is 14.2 Å². The fourth-order valence-electron chi connectivity index (χ4n) is 2.35. The lowest BCUT2D eigenvalue weighted by Crippen LogP contribution is -2.08. The Balaban J connectivity index is 1.55. The minimum absolute atomic E-state index is 0.378. The normalized spacial score (nSPS) is 10.2. The highest BCUT2D eigenvalue weighted by Gasteiger charge is 2.08. The van der Waals surface area contributed by atoms with Crippen molar-refractivity contribution in [2.75, 3.05) is 7.11 Å². The lowest BCUT2D eigenvalue weighted by molar-refractivity contribution is 0.0734. The maximum Gasteiger partial charge on any atom is 0.343 e. The average Bonchev–Trinajstić information content (AvgIpc) is 2.68. The zero-order valence-corrected chi connectivity index (χ0v) is 14.8. The van der Waals surface area contributed by atoms with Gasteiger partial charge in [-0.25, -0.2) is 4.79 Å². The first-order valence-electron chi connectivity index (χ1n) is 8.29. The van der Waals surface area contributed by atoms with Crippen molar-refractivity contribution in [1.29, 1.82) is 0 Å². The molecule has 0 bridgehead atoms. The van der Waals surface area contributed by atoms with Crippen molar-refractivity contribution in [3.63, 3.8) is 0 Å². The second-order valence-corrected chi connectivity index (χ2v) is 5.86. The van der Waals surface area contributed by atoms with E-state index in [4.69, 9.17) is 14.2 Å². The lowest BCUT2D eigenvalue weighted by Gasteiger charge is -2.08. The summed E-state index contributed by atoms with van der Waals surface area (Å²) in [5.74, 6) is 1.62. The first kappa shape index (κ1) is 17.5. The summed E-state index contributed by atoms with van der Waals surface area (Å²) in [4.78, 5) is 12.1. The summed E-state index contributed by atoms with van der Waals surface area (Å²) in [7, 11) is 1.64. The standard InChI is InChI=1S/C22H20O4/c1-16-3-7-18(8-4-16)22(23)26-21-13-11-20(12-14-21)25-15-17-5-9-19(24-2)10-6-17/h3-14H,15H2,1-2H3. The van der Waals surface area contributed by atoms with E-state index < -0.39 is 0 Å². The van der Waals surface area contributed by atoms with Crippen LogP contribution in [0.5, 0.6) is 17.2 Å². The van der Waals surface area contributed by atoms with Crippen LogP contribution in [0.1, 0.15) is 21.5 Å². The van der Waals surface area contributed by atoms with Crippen molar-refractivity contribution in [3.8, 4) is 17.2 Å². The van der Waals surface area contributed by atoms with Crippen LogP contribution in [-0.4, -0.2) is 13.1 Å². The van der Waals surface area contributed by atoms with Gasteiger partial charge in [0.2, 0.25) is 0 Å². The molecular weight excluding hydrogens is 328 g/mol. The Kier molecular flexibility index (Phi) is 5.54. The van der Waals surface area contributed by atoms with Crippen molar-refractivity contribution in [1.82, 2.24) is 0 Å². The van der Waals surface area contributed by atoms with E-state index in [9.17, 15) is 4.79 Å². The van der Waals surface area contributed by atoms with Gasteiger partial charge in [-0.2, -0.15) is 0 Å². The van der Waals surface area contributed by atoms with Crippen LogP contribution in [0.4, 0.5) is 0 Å². The van der Waals surface area contributed by atoms with Gasteiger partial charge >= 0.3 is 5.97 Å². The highest BCUT2D eigenvalue weighted by atomic mass is 16.5. The van der Waals surface area contributed by atoms with Crippen molar-refractivity contribution >= 4 is 5.97 Å². The monoisotopic (exact) mass is 348 g/mol. The molecule has 0 aliphatic carbocycles.